The molecule has 0 saturated carbocycles. The van der Waals surface area contributed by atoms with E-state index in [2.05, 4.69) is 19.2 Å². The van der Waals surface area contributed by atoms with Crippen molar-refractivity contribution in [1.29, 1.82) is 0 Å². The summed E-state index contributed by atoms with van der Waals surface area (Å²) in [4.78, 5) is 0. The summed E-state index contributed by atoms with van der Waals surface area (Å²) in [5, 5.41) is 3.34. The molecule has 0 unspecified atom stereocenters. The van der Waals surface area contributed by atoms with E-state index in [-0.39, 0.29) is 5.75 Å². The molecule has 0 heterocycles. The van der Waals surface area contributed by atoms with Crippen molar-refractivity contribution in [3.05, 3.63) is 29.8 Å². The van der Waals surface area contributed by atoms with Gasteiger partial charge in [-0.05, 0) is 12.5 Å². The van der Waals surface area contributed by atoms with E-state index in [0.29, 0.717) is 19.1 Å². The van der Waals surface area contributed by atoms with Crippen molar-refractivity contribution in [3.8, 4) is 5.75 Å². The summed E-state index contributed by atoms with van der Waals surface area (Å²) in [6.45, 7) is 5.36. The zero-order chi connectivity index (χ0) is 14.3. The van der Waals surface area contributed by atoms with Gasteiger partial charge in [-0.25, -0.2) is 8.42 Å². The summed E-state index contributed by atoms with van der Waals surface area (Å²) in [6, 6.07) is 8.24. The Kier molecular flexibility index (Phi) is 6.31. The second-order valence-electron chi connectivity index (χ2n) is 4.98. The molecule has 0 saturated heterocycles. The molecule has 0 atom stereocenters. The number of para-hydroxylation sites is 1. The average molecular weight is 285 g/mol. The Morgan fingerprint density at radius 2 is 1.95 bits per heavy atom. The Hall–Kier alpha value is -1.07. The monoisotopic (exact) mass is 285 g/mol. The van der Waals surface area contributed by atoms with Crippen molar-refractivity contribution in [2.24, 2.45) is 0 Å². The predicted molar refractivity (Wildman–Crippen MR) is 78.2 cm³/mol. The van der Waals surface area contributed by atoms with Crippen LogP contribution in [0.15, 0.2) is 24.3 Å². The highest BCUT2D eigenvalue weighted by Gasteiger charge is 2.05. The maximum atomic E-state index is 11.0. The van der Waals surface area contributed by atoms with Crippen LogP contribution in [0.2, 0.25) is 0 Å². The van der Waals surface area contributed by atoms with Gasteiger partial charge < -0.3 is 10.1 Å². The molecular formula is C14H23NO3S. The van der Waals surface area contributed by atoms with Crippen molar-refractivity contribution >= 4 is 9.84 Å². The van der Waals surface area contributed by atoms with E-state index in [9.17, 15) is 8.42 Å². The smallest absolute Gasteiger partial charge is 0.147 e. The Morgan fingerprint density at radius 1 is 1.26 bits per heavy atom. The molecule has 1 rings (SSSR count). The number of nitrogens with one attached hydrogen (secondary N) is 1. The minimum absolute atomic E-state index is 0.166. The molecule has 0 bridgehead atoms. The van der Waals surface area contributed by atoms with Gasteiger partial charge in [0.25, 0.3) is 0 Å². The van der Waals surface area contributed by atoms with E-state index >= 15 is 0 Å². The first-order chi connectivity index (χ1) is 8.88. The molecule has 1 aromatic rings. The number of hydrogen-bond donors (Lipinski definition) is 1. The molecule has 19 heavy (non-hydrogen) atoms. The predicted octanol–water partition coefficient (Wildman–Crippen LogP) is 2.00. The lowest BCUT2D eigenvalue weighted by atomic mass is 10.2. The van der Waals surface area contributed by atoms with Crippen LogP contribution in [0.1, 0.15) is 25.8 Å². The number of benzene rings is 1. The van der Waals surface area contributed by atoms with Crippen LogP contribution in [0, 0.1) is 0 Å². The quantitative estimate of drug-likeness (QED) is 0.742. The molecule has 0 fully saturated rings. The lowest BCUT2D eigenvalue weighted by Crippen LogP contribution is -2.22. The summed E-state index contributed by atoms with van der Waals surface area (Å²) in [6.07, 6.45) is 1.76. The van der Waals surface area contributed by atoms with Crippen molar-refractivity contribution in [3.63, 3.8) is 0 Å². The fourth-order valence-corrected chi connectivity index (χ4v) is 2.25. The number of sulfone groups is 1. The summed E-state index contributed by atoms with van der Waals surface area (Å²) in [5.74, 6) is 0.989. The average Bonchev–Trinajstić information content (AvgIpc) is 2.32. The molecule has 0 amide bonds. The van der Waals surface area contributed by atoms with Crippen molar-refractivity contribution in [2.75, 3.05) is 18.6 Å². The normalized spacial score (nSPS) is 11.8. The van der Waals surface area contributed by atoms with E-state index in [1.54, 1.807) is 0 Å². The lowest BCUT2D eigenvalue weighted by molar-refractivity contribution is 0.313. The highest BCUT2D eigenvalue weighted by atomic mass is 32.2. The highest BCUT2D eigenvalue weighted by molar-refractivity contribution is 7.90. The van der Waals surface area contributed by atoms with Gasteiger partial charge in [0.05, 0.1) is 12.4 Å². The van der Waals surface area contributed by atoms with Crippen LogP contribution in [0.4, 0.5) is 0 Å². The molecule has 4 nitrogen and oxygen atoms in total. The van der Waals surface area contributed by atoms with E-state index in [4.69, 9.17) is 4.74 Å². The van der Waals surface area contributed by atoms with Gasteiger partial charge in [0.1, 0.15) is 15.6 Å². The molecule has 1 N–H and O–H groups in total. The second kappa shape index (κ2) is 7.50. The minimum Gasteiger partial charge on any atom is -0.493 e. The molecule has 1 aromatic carbocycles. The van der Waals surface area contributed by atoms with Crippen LogP contribution in [-0.4, -0.2) is 33.1 Å². The maximum Gasteiger partial charge on any atom is 0.147 e. The minimum atomic E-state index is -2.90. The first kappa shape index (κ1) is 16.0. The van der Waals surface area contributed by atoms with Crippen LogP contribution in [0.5, 0.6) is 5.75 Å². The van der Waals surface area contributed by atoms with Crippen molar-refractivity contribution < 1.29 is 13.2 Å². The SMILES string of the molecule is CC(C)NCc1ccccc1OCCCS(C)(=O)=O. The number of ether oxygens (including phenoxy) is 1. The summed E-state index contributed by atoms with van der Waals surface area (Å²) in [5.41, 5.74) is 1.09. The topological polar surface area (TPSA) is 55.4 Å². The summed E-state index contributed by atoms with van der Waals surface area (Å²) >= 11 is 0. The Bertz CT molecular complexity index is 483. The molecular weight excluding hydrogens is 262 g/mol. The van der Waals surface area contributed by atoms with Gasteiger partial charge in [-0.3, -0.25) is 0 Å². The Labute approximate surface area is 116 Å². The molecule has 0 aromatic heterocycles. The van der Waals surface area contributed by atoms with Crippen molar-refractivity contribution in [2.45, 2.75) is 32.9 Å². The lowest BCUT2D eigenvalue weighted by Gasteiger charge is -2.13. The molecule has 5 heteroatoms. The second-order valence-corrected chi connectivity index (χ2v) is 7.23. The summed E-state index contributed by atoms with van der Waals surface area (Å²) < 4.78 is 27.7. The van der Waals surface area contributed by atoms with E-state index < -0.39 is 9.84 Å². The Balaban J connectivity index is 2.48. The van der Waals surface area contributed by atoms with Crippen LogP contribution < -0.4 is 10.1 Å². The highest BCUT2D eigenvalue weighted by Crippen LogP contribution is 2.18. The van der Waals surface area contributed by atoms with Crippen molar-refractivity contribution in [1.82, 2.24) is 5.32 Å². The van der Waals surface area contributed by atoms with E-state index in [0.717, 1.165) is 17.9 Å². The van der Waals surface area contributed by atoms with Gasteiger partial charge in [-0.15, -0.1) is 0 Å². The van der Waals surface area contributed by atoms with E-state index in [1.165, 1.54) is 6.26 Å². The fraction of sp³-hybridized carbons (Fsp3) is 0.571. The largest absolute Gasteiger partial charge is 0.493 e. The third-order valence-electron chi connectivity index (χ3n) is 2.59. The third kappa shape index (κ3) is 7.18. The van der Waals surface area contributed by atoms with Gasteiger partial charge in [0, 0.05) is 24.4 Å². The van der Waals surface area contributed by atoms with Crippen LogP contribution >= 0.6 is 0 Å². The van der Waals surface area contributed by atoms with E-state index in [1.807, 2.05) is 24.3 Å². The zero-order valence-corrected chi connectivity index (χ0v) is 12.7. The fourth-order valence-electron chi connectivity index (χ4n) is 1.61. The van der Waals surface area contributed by atoms with Gasteiger partial charge in [-0.2, -0.15) is 0 Å². The molecule has 108 valence electrons. The third-order valence-corrected chi connectivity index (χ3v) is 3.62. The molecule has 0 aliphatic rings. The maximum absolute atomic E-state index is 11.0. The molecule has 0 radical (unpaired) electrons. The van der Waals surface area contributed by atoms with Gasteiger partial charge >= 0.3 is 0 Å². The first-order valence-corrected chi connectivity index (χ1v) is 8.56. The molecule has 0 spiro atoms. The Morgan fingerprint density at radius 3 is 2.58 bits per heavy atom. The molecule has 0 aliphatic carbocycles. The van der Waals surface area contributed by atoms with Gasteiger partial charge in [0.2, 0.25) is 0 Å². The van der Waals surface area contributed by atoms with Gasteiger partial charge in [-0.1, -0.05) is 32.0 Å². The molecule has 0 aliphatic heterocycles. The number of rotatable bonds is 8. The standard InChI is InChI=1S/C14H23NO3S/c1-12(2)15-11-13-7-4-5-8-14(13)18-9-6-10-19(3,16)17/h4-5,7-8,12,15H,6,9-11H2,1-3H3. The van der Waals surface area contributed by atoms with Crippen LogP contribution in [0.25, 0.3) is 0 Å². The zero-order valence-electron chi connectivity index (χ0n) is 11.8. The summed E-state index contributed by atoms with van der Waals surface area (Å²) in [7, 11) is -2.90. The number of hydrogen-bond acceptors (Lipinski definition) is 4. The van der Waals surface area contributed by atoms with Gasteiger partial charge in [0.15, 0.2) is 0 Å². The first-order valence-electron chi connectivity index (χ1n) is 6.50. The van der Waals surface area contributed by atoms with Crippen LogP contribution in [0.3, 0.4) is 0 Å². The van der Waals surface area contributed by atoms with Crippen LogP contribution in [-0.2, 0) is 16.4 Å².